The molecule has 0 aliphatic heterocycles. The van der Waals surface area contributed by atoms with Crippen LogP contribution >= 0.6 is 0 Å². The van der Waals surface area contributed by atoms with E-state index >= 15 is 0 Å². The molecule has 1 aliphatic rings. The van der Waals surface area contributed by atoms with Crippen molar-refractivity contribution in [2.75, 3.05) is 11.9 Å². The van der Waals surface area contributed by atoms with Crippen molar-refractivity contribution in [3.63, 3.8) is 0 Å². The molecule has 2 N–H and O–H groups in total. The summed E-state index contributed by atoms with van der Waals surface area (Å²) in [4.78, 5) is 21.2. The molecule has 0 amide bonds. The van der Waals surface area contributed by atoms with E-state index in [1.165, 1.54) is 25.0 Å². The van der Waals surface area contributed by atoms with Gasteiger partial charge in [-0.3, -0.25) is 10.1 Å². The second-order valence-corrected chi connectivity index (χ2v) is 4.99. The first-order valence-corrected chi connectivity index (χ1v) is 6.24. The summed E-state index contributed by atoms with van der Waals surface area (Å²) in [5, 5.41) is 22.8. The lowest BCUT2D eigenvalue weighted by atomic mass is 10.1. The summed E-state index contributed by atoms with van der Waals surface area (Å²) in [6, 6.07) is 3.92. The number of carbonyl (C=O) groups is 1. The zero-order valence-corrected chi connectivity index (χ0v) is 10.6. The summed E-state index contributed by atoms with van der Waals surface area (Å²) >= 11 is 0. The maximum atomic E-state index is 11.0. The van der Waals surface area contributed by atoms with E-state index in [9.17, 15) is 14.9 Å². The van der Waals surface area contributed by atoms with Crippen LogP contribution < -0.4 is 5.32 Å². The molecular formula is C13H16N2O4. The summed E-state index contributed by atoms with van der Waals surface area (Å²) in [7, 11) is 0. The van der Waals surface area contributed by atoms with Crippen molar-refractivity contribution in [2.45, 2.75) is 19.8 Å². The molecule has 0 radical (unpaired) electrons. The van der Waals surface area contributed by atoms with Gasteiger partial charge >= 0.3 is 5.97 Å². The Morgan fingerprint density at radius 1 is 1.58 bits per heavy atom. The van der Waals surface area contributed by atoms with Gasteiger partial charge in [0.2, 0.25) is 0 Å². The Hall–Kier alpha value is -2.11. The number of aromatic carboxylic acids is 1. The molecule has 0 spiro atoms. The van der Waals surface area contributed by atoms with Gasteiger partial charge in [0.1, 0.15) is 5.69 Å². The van der Waals surface area contributed by atoms with E-state index < -0.39 is 10.9 Å². The molecule has 102 valence electrons. The lowest BCUT2D eigenvalue weighted by Gasteiger charge is -2.12. The highest BCUT2D eigenvalue weighted by molar-refractivity contribution is 5.89. The molecule has 0 bridgehead atoms. The van der Waals surface area contributed by atoms with Gasteiger partial charge in [-0.1, -0.05) is 6.92 Å². The third-order valence-corrected chi connectivity index (χ3v) is 3.48. The molecule has 6 heteroatoms. The summed E-state index contributed by atoms with van der Waals surface area (Å²) in [5.41, 5.74) is 0.109. The number of anilines is 1. The Labute approximate surface area is 110 Å². The van der Waals surface area contributed by atoms with Crippen LogP contribution in [0.4, 0.5) is 11.4 Å². The third-order valence-electron chi connectivity index (χ3n) is 3.48. The smallest absolute Gasteiger partial charge is 0.335 e. The SMILES string of the molecule is CC(CNc1ccc(C(=O)O)cc1[N+](=O)[O-])C1CC1. The molecule has 1 aromatic carbocycles. The zero-order chi connectivity index (χ0) is 14.0. The Balaban J connectivity index is 2.13. The average Bonchev–Trinajstić information content (AvgIpc) is 3.19. The number of nitro groups is 1. The fourth-order valence-corrected chi connectivity index (χ4v) is 2.07. The summed E-state index contributed by atoms with van der Waals surface area (Å²) < 4.78 is 0. The van der Waals surface area contributed by atoms with Crippen molar-refractivity contribution in [1.29, 1.82) is 0 Å². The van der Waals surface area contributed by atoms with Gasteiger partial charge in [0.25, 0.3) is 5.69 Å². The molecule has 6 nitrogen and oxygen atoms in total. The highest BCUT2D eigenvalue weighted by Gasteiger charge is 2.28. The van der Waals surface area contributed by atoms with Gasteiger partial charge in [-0.2, -0.15) is 0 Å². The van der Waals surface area contributed by atoms with E-state index in [2.05, 4.69) is 12.2 Å². The number of hydrogen-bond donors (Lipinski definition) is 2. The number of nitro benzene ring substituents is 1. The Bertz CT molecular complexity index is 511. The molecule has 1 atom stereocenters. The van der Waals surface area contributed by atoms with Gasteiger partial charge in [0.15, 0.2) is 0 Å². The van der Waals surface area contributed by atoms with Gasteiger partial charge in [-0.25, -0.2) is 4.79 Å². The molecule has 1 saturated carbocycles. The maximum Gasteiger partial charge on any atom is 0.335 e. The Morgan fingerprint density at radius 3 is 2.79 bits per heavy atom. The molecular weight excluding hydrogens is 248 g/mol. The molecule has 2 rings (SSSR count). The van der Waals surface area contributed by atoms with Crippen LogP contribution in [0.2, 0.25) is 0 Å². The van der Waals surface area contributed by atoms with Crippen molar-refractivity contribution in [3.05, 3.63) is 33.9 Å². The van der Waals surface area contributed by atoms with Crippen LogP contribution in [-0.4, -0.2) is 22.5 Å². The number of nitrogens with zero attached hydrogens (tertiary/aromatic N) is 1. The minimum Gasteiger partial charge on any atom is -0.478 e. The molecule has 1 unspecified atom stereocenters. The largest absolute Gasteiger partial charge is 0.478 e. The summed E-state index contributed by atoms with van der Waals surface area (Å²) in [5.74, 6) is 0.0181. The van der Waals surface area contributed by atoms with Crippen LogP contribution in [-0.2, 0) is 0 Å². The van der Waals surface area contributed by atoms with E-state index in [0.717, 1.165) is 6.07 Å². The predicted molar refractivity (Wildman–Crippen MR) is 70.4 cm³/mol. The number of hydrogen-bond acceptors (Lipinski definition) is 4. The van der Waals surface area contributed by atoms with Gasteiger partial charge < -0.3 is 10.4 Å². The Kier molecular flexibility index (Phi) is 3.69. The molecule has 1 aliphatic carbocycles. The first-order chi connectivity index (χ1) is 8.99. The molecule has 1 aromatic rings. The van der Waals surface area contributed by atoms with E-state index in [1.807, 2.05) is 0 Å². The number of carboxylic acid groups (broad SMARTS) is 1. The predicted octanol–water partition coefficient (Wildman–Crippen LogP) is 2.75. The summed E-state index contributed by atoms with van der Waals surface area (Å²) in [6.45, 7) is 2.78. The van der Waals surface area contributed by atoms with Crippen LogP contribution in [0.15, 0.2) is 18.2 Å². The average molecular weight is 264 g/mol. The molecule has 0 heterocycles. The van der Waals surface area contributed by atoms with Crippen molar-refractivity contribution in [1.82, 2.24) is 0 Å². The standard InChI is InChI=1S/C13H16N2O4/c1-8(9-2-3-9)7-14-11-5-4-10(13(16)17)6-12(11)15(18)19/h4-6,8-9,14H,2-3,7H2,1H3,(H,16,17). The fourth-order valence-electron chi connectivity index (χ4n) is 2.07. The first kappa shape index (κ1) is 13.3. The zero-order valence-electron chi connectivity index (χ0n) is 10.6. The first-order valence-electron chi connectivity index (χ1n) is 6.24. The van der Waals surface area contributed by atoms with Crippen molar-refractivity contribution < 1.29 is 14.8 Å². The van der Waals surface area contributed by atoms with Gasteiger partial charge in [0.05, 0.1) is 10.5 Å². The quantitative estimate of drug-likeness (QED) is 0.608. The second-order valence-electron chi connectivity index (χ2n) is 4.99. The third kappa shape index (κ3) is 3.21. The number of rotatable bonds is 6. The Morgan fingerprint density at radius 2 is 2.26 bits per heavy atom. The van der Waals surface area contributed by atoms with Gasteiger partial charge in [-0.15, -0.1) is 0 Å². The topological polar surface area (TPSA) is 92.5 Å². The number of carboxylic acids is 1. The van der Waals surface area contributed by atoms with Gasteiger partial charge in [-0.05, 0) is 36.8 Å². The lowest BCUT2D eigenvalue weighted by molar-refractivity contribution is -0.384. The minimum atomic E-state index is -1.17. The van der Waals surface area contributed by atoms with E-state index in [1.54, 1.807) is 0 Å². The second kappa shape index (κ2) is 5.26. The highest BCUT2D eigenvalue weighted by Crippen LogP contribution is 2.37. The molecule has 0 saturated heterocycles. The van der Waals surface area contributed by atoms with Gasteiger partial charge in [0, 0.05) is 12.6 Å². The van der Waals surface area contributed by atoms with Crippen LogP contribution in [0.5, 0.6) is 0 Å². The fraction of sp³-hybridized carbons (Fsp3) is 0.462. The van der Waals surface area contributed by atoms with Crippen LogP contribution in [0.1, 0.15) is 30.1 Å². The lowest BCUT2D eigenvalue weighted by Crippen LogP contribution is -2.14. The van der Waals surface area contributed by atoms with Crippen molar-refractivity contribution in [2.24, 2.45) is 11.8 Å². The maximum absolute atomic E-state index is 11.0. The van der Waals surface area contributed by atoms with E-state index in [-0.39, 0.29) is 11.3 Å². The molecule has 19 heavy (non-hydrogen) atoms. The van der Waals surface area contributed by atoms with Crippen LogP contribution in [0, 0.1) is 22.0 Å². The van der Waals surface area contributed by atoms with Crippen LogP contribution in [0.25, 0.3) is 0 Å². The molecule has 0 aromatic heterocycles. The van der Waals surface area contributed by atoms with E-state index in [4.69, 9.17) is 5.11 Å². The number of benzene rings is 1. The summed E-state index contributed by atoms with van der Waals surface area (Å²) in [6.07, 6.45) is 2.45. The van der Waals surface area contributed by atoms with Crippen LogP contribution in [0.3, 0.4) is 0 Å². The highest BCUT2D eigenvalue weighted by atomic mass is 16.6. The van der Waals surface area contributed by atoms with Crippen molar-refractivity contribution in [3.8, 4) is 0 Å². The van der Waals surface area contributed by atoms with Crippen molar-refractivity contribution >= 4 is 17.3 Å². The monoisotopic (exact) mass is 264 g/mol. The minimum absolute atomic E-state index is 0.0764. The van der Waals surface area contributed by atoms with E-state index in [0.29, 0.717) is 24.1 Å². The normalized spacial score (nSPS) is 15.8. The molecule has 1 fully saturated rings. The number of nitrogens with one attached hydrogen (secondary N) is 1.